The van der Waals surface area contributed by atoms with Crippen molar-refractivity contribution in [2.75, 3.05) is 11.9 Å². The monoisotopic (exact) mass is 285 g/mol. The molecule has 1 aromatic rings. The van der Waals surface area contributed by atoms with Crippen LogP contribution in [0.15, 0.2) is 27.6 Å². The quantitative estimate of drug-likeness (QED) is 0.759. The second-order valence-corrected chi connectivity index (χ2v) is 7.15. The van der Waals surface area contributed by atoms with Gasteiger partial charge in [0, 0.05) is 26.9 Å². The van der Waals surface area contributed by atoms with Gasteiger partial charge in [-0.25, -0.2) is 0 Å². The maximum absolute atomic E-state index is 3.51. The number of benzene rings is 1. The van der Waals surface area contributed by atoms with Crippen LogP contribution < -0.4 is 5.32 Å². The Labute approximate surface area is 104 Å². The van der Waals surface area contributed by atoms with Gasteiger partial charge in [-0.15, -0.1) is 11.8 Å². The van der Waals surface area contributed by atoms with Crippen LogP contribution in [0, 0.1) is 5.41 Å². The minimum absolute atomic E-state index is 0.350. The fraction of sp³-hybridized carbons (Fsp3) is 0.500. The largest absolute Gasteiger partial charge is 0.383 e. The lowest BCUT2D eigenvalue weighted by molar-refractivity contribution is 0.401. The third-order valence-corrected chi connectivity index (χ3v) is 4.92. The first kappa shape index (κ1) is 11.3. The zero-order valence-electron chi connectivity index (χ0n) is 9.30. The highest BCUT2D eigenvalue weighted by atomic mass is 79.9. The van der Waals surface area contributed by atoms with Gasteiger partial charge in [0.1, 0.15) is 0 Å². The molecule has 0 amide bonds. The Kier molecular flexibility index (Phi) is 3.04. The third-order valence-electron chi connectivity index (χ3n) is 2.65. The van der Waals surface area contributed by atoms with Gasteiger partial charge >= 0.3 is 0 Å². The Morgan fingerprint density at radius 1 is 1.40 bits per heavy atom. The molecule has 2 rings (SSSR count). The number of hydrogen-bond acceptors (Lipinski definition) is 2. The Morgan fingerprint density at radius 2 is 2.13 bits per heavy atom. The summed E-state index contributed by atoms with van der Waals surface area (Å²) in [5.41, 5.74) is 1.61. The van der Waals surface area contributed by atoms with Crippen LogP contribution in [0.3, 0.4) is 0 Å². The zero-order valence-corrected chi connectivity index (χ0v) is 11.7. The molecule has 0 aromatic heterocycles. The van der Waals surface area contributed by atoms with Crippen molar-refractivity contribution in [3.8, 4) is 0 Å². The highest BCUT2D eigenvalue weighted by Gasteiger charge is 2.29. The number of hydrogen-bond donors (Lipinski definition) is 1. The van der Waals surface area contributed by atoms with E-state index in [0.29, 0.717) is 10.7 Å². The molecule has 0 bridgehead atoms. The average molecular weight is 286 g/mol. The molecule has 1 nitrogen and oxygen atoms in total. The molecule has 1 aromatic carbocycles. The molecule has 0 spiro atoms. The summed E-state index contributed by atoms with van der Waals surface area (Å²) < 4.78 is 1.14. The summed E-state index contributed by atoms with van der Waals surface area (Å²) >= 11 is 5.49. The molecule has 0 saturated carbocycles. The van der Waals surface area contributed by atoms with E-state index in [2.05, 4.69) is 60.2 Å². The fourth-order valence-corrected chi connectivity index (χ4v) is 3.22. The molecule has 1 heterocycles. The van der Waals surface area contributed by atoms with Gasteiger partial charge in [-0.1, -0.05) is 36.7 Å². The lowest BCUT2D eigenvalue weighted by Crippen LogP contribution is -2.32. The smallest absolute Gasteiger partial charge is 0.0490 e. The zero-order chi connectivity index (χ0) is 11.1. The summed E-state index contributed by atoms with van der Waals surface area (Å²) in [4.78, 5) is 1.37. The maximum atomic E-state index is 3.51. The predicted octanol–water partition coefficient (Wildman–Crippen LogP) is 4.38. The number of rotatable bonds is 0. The van der Waals surface area contributed by atoms with E-state index in [9.17, 15) is 0 Å². The minimum atomic E-state index is 0.350. The summed E-state index contributed by atoms with van der Waals surface area (Å²) in [5, 5.41) is 4.15. The molecular weight excluding hydrogens is 270 g/mol. The van der Waals surface area contributed by atoms with Crippen LogP contribution in [0.5, 0.6) is 0 Å². The molecule has 1 aliphatic rings. The molecule has 1 atom stereocenters. The topological polar surface area (TPSA) is 12.0 Å². The van der Waals surface area contributed by atoms with E-state index in [1.807, 2.05) is 11.8 Å². The van der Waals surface area contributed by atoms with Gasteiger partial charge in [-0.3, -0.25) is 0 Å². The summed E-state index contributed by atoms with van der Waals surface area (Å²) in [6, 6.07) is 6.45. The highest BCUT2D eigenvalue weighted by Crippen LogP contribution is 2.42. The molecule has 1 N–H and O–H groups in total. The van der Waals surface area contributed by atoms with Gasteiger partial charge in [0.05, 0.1) is 0 Å². The van der Waals surface area contributed by atoms with Crippen molar-refractivity contribution < 1.29 is 0 Å². The molecule has 0 saturated heterocycles. The van der Waals surface area contributed by atoms with Crippen LogP contribution in [0.2, 0.25) is 0 Å². The van der Waals surface area contributed by atoms with Gasteiger partial charge in [-0.2, -0.15) is 0 Å². The molecule has 0 aliphatic carbocycles. The summed E-state index contributed by atoms with van der Waals surface area (Å²) in [6.45, 7) is 7.96. The van der Waals surface area contributed by atoms with Crippen LogP contribution in [-0.2, 0) is 0 Å². The molecule has 1 aliphatic heterocycles. The number of nitrogens with one attached hydrogen (secondary N) is 1. The first-order valence-corrected chi connectivity index (χ1v) is 6.84. The van der Waals surface area contributed by atoms with Crippen molar-refractivity contribution in [3.63, 3.8) is 0 Å². The van der Waals surface area contributed by atoms with Crippen LogP contribution in [-0.4, -0.2) is 11.8 Å². The molecule has 82 valence electrons. The van der Waals surface area contributed by atoms with Crippen LogP contribution >= 0.6 is 27.7 Å². The van der Waals surface area contributed by atoms with E-state index < -0.39 is 0 Å². The SMILES string of the molecule is CC(C)(C)C1CNc2cc(Br)ccc2S1. The number of thioether (sulfide) groups is 1. The Bertz CT molecular complexity index is 370. The number of fused-ring (bicyclic) bond motifs is 1. The van der Waals surface area contributed by atoms with Crippen molar-refractivity contribution >= 4 is 33.4 Å². The predicted molar refractivity (Wildman–Crippen MR) is 71.7 cm³/mol. The van der Waals surface area contributed by atoms with Crippen molar-refractivity contribution in [2.45, 2.75) is 30.9 Å². The fourth-order valence-electron chi connectivity index (χ4n) is 1.62. The molecular formula is C12H16BrNS. The summed E-state index contributed by atoms with van der Waals surface area (Å²) in [7, 11) is 0. The summed E-state index contributed by atoms with van der Waals surface area (Å²) in [5.74, 6) is 0. The van der Waals surface area contributed by atoms with Crippen molar-refractivity contribution in [3.05, 3.63) is 22.7 Å². The van der Waals surface area contributed by atoms with E-state index in [0.717, 1.165) is 11.0 Å². The molecule has 1 unspecified atom stereocenters. The third kappa shape index (κ3) is 2.51. The van der Waals surface area contributed by atoms with Crippen molar-refractivity contribution in [1.82, 2.24) is 0 Å². The second kappa shape index (κ2) is 4.02. The Hall–Kier alpha value is -0.150. The molecule has 0 fully saturated rings. The normalized spacial score (nSPS) is 20.7. The Morgan fingerprint density at radius 3 is 2.80 bits per heavy atom. The van der Waals surface area contributed by atoms with Crippen LogP contribution in [0.25, 0.3) is 0 Å². The van der Waals surface area contributed by atoms with Crippen molar-refractivity contribution in [1.29, 1.82) is 0 Å². The number of halogens is 1. The van der Waals surface area contributed by atoms with Crippen molar-refractivity contribution in [2.24, 2.45) is 5.41 Å². The standard InChI is InChI=1S/C12H16BrNS/c1-12(2,3)11-7-14-9-6-8(13)4-5-10(9)15-11/h4-6,11,14H,7H2,1-3H3. The van der Waals surface area contributed by atoms with Gasteiger partial charge in [0.15, 0.2) is 0 Å². The number of anilines is 1. The second-order valence-electron chi connectivity index (χ2n) is 4.99. The summed E-state index contributed by atoms with van der Waals surface area (Å²) in [6.07, 6.45) is 0. The van der Waals surface area contributed by atoms with E-state index in [-0.39, 0.29) is 0 Å². The van der Waals surface area contributed by atoms with E-state index >= 15 is 0 Å². The lowest BCUT2D eigenvalue weighted by atomic mass is 9.91. The first-order valence-electron chi connectivity index (χ1n) is 5.17. The van der Waals surface area contributed by atoms with Gasteiger partial charge in [-0.05, 0) is 23.6 Å². The average Bonchev–Trinajstić information content (AvgIpc) is 2.15. The van der Waals surface area contributed by atoms with Crippen LogP contribution in [0.1, 0.15) is 20.8 Å². The highest BCUT2D eigenvalue weighted by molar-refractivity contribution is 9.10. The lowest BCUT2D eigenvalue weighted by Gasteiger charge is -2.34. The van der Waals surface area contributed by atoms with Gasteiger partial charge < -0.3 is 5.32 Å². The van der Waals surface area contributed by atoms with Gasteiger partial charge in [0.2, 0.25) is 0 Å². The minimum Gasteiger partial charge on any atom is -0.383 e. The Balaban J connectivity index is 2.24. The van der Waals surface area contributed by atoms with E-state index in [1.54, 1.807) is 0 Å². The molecule has 0 radical (unpaired) electrons. The first-order chi connectivity index (χ1) is 6.97. The van der Waals surface area contributed by atoms with Gasteiger partial charge in [0.25, 0.3) is 0 Å². The van der Waals surface area contributed by atoms with E-state index in [4.69, 9.17) is 0 Å². The maximum Gasteiger partial charge on any atom is 0.0490 e. The van der Waals surface area contributed by atoms with E-state index in [1.165, 1.54) is 10.6 Å². The van der Waals surface area contributed by atoms with Crippen LogP contribution in [0.4, 0.5) is 5.69 Å². The molecule has 15 heavy (non-hydrogen) atoms. The molecule has 3 heteroatoms.